The maximum Gasteiger partial charge on any atom is 0.263 e. The molecule has 1 amide bonds. The minimum Gasteiger partial charge on any atom is -0.322 e. The van der Waals surface area contributed by atoms with Gasteiger partial charge in [0.15, 0.2) is 6.17 Å². The number of nitrogens with two attached hydrogens (primary N) is 1. The zero-order valence-corrected chi connectivity index (χ0v) is 12.8. The van der Waals surface area contributed by atoms with Crippen molar-refractivity contribution in [3.8, 4) is 0 Å². The fourth-order valence-corrected chi connectivity index (χ4v) is 2.73. The third kappa shape index (κ3) is 2.53. The molecule has 1 aliphatic heterocycles. The molecule has 0 fully saturated rings. The van der Waals surface area contributed by atoms with Crippen LogP contribution in [-0.4, -0.2) is 17.8 Å². The Hall–Kier alpha value is -2.46. The van der Waals surface area contributed by atoms with Crippen molar-refractivity contribution >= 4 is 17.3 Å². The fraction of sp³-hybridized carbons (Fsp3) is 0.222. The largest absolute Gasteiger partial charge is 0.322 e. The molecule has 112 valence electrons. The number of benzodiazepines with no additional fused rings is 1. The van der Waals surface area contributed by atoms with Crippen LogP contribution in [0.5, 0.6) is 0 Å². The van der Waals surface area contributed by atoms with E-state index in [1.165, 1.54) is 0 Å². The second-order valence-electron chi connectivity index (χ2n) is 5.47. The fourth-order valence-electron chi connectivity index (χ4n) is 2.73. The van der Waals surface area contributed by atoms with E-state index in [0.29, 0.717) is 0 Å². The standard InChI is InChI=1S/C18H19N3O/c1-3-12-7-5-9-14-15(12)21-18(22)17(19)20-16(14)13-8-4-6-11(2)10-13/h4-10,17H,3,19H2,1-2H3,(H,21,22). The predicted octanol–water partition coefficient (Wildman–Crippen LogP) is 2.63. The van der Waals surface area contributed by atoms with E-state index in [4.69, 9.17) is 5.73 Å². The Morgan fingerprint density at radius 3 is 2.73 bits per heavy atom. The van der Waals surface area contributed by atoms with E-state index in [2.05, 4.69) is 23.3 Å². The van der Waals surface area contributed by atoms with E-state index < -0.39 is 6.17 Å². The molecule has 4 nitrogen and oxygen atoms in total. The van der Waals surface area contributed by atoms with E-state index in [-0.39, 0.29) is 5.91 Å². The molecule has 2 aromatic carbocycles. The van der Waals surface area contributed by atoms with Crippen LogP contribution in [0.1, 0.15) is 29.2 Å². The number of hydrogen-bond donors (Lipinski definition) is 2. The highest BCUT2D eigenvalue weighted by atomic mass is 16.2. The van der Waals surface area contributed by atoms with Crippen molar-refractivity contribution in [3.05, 3.63) is 64.7 Å². The molecule has 0 aliphatic carbocycles. The molecule has 3 rings (SSSR count). The predicted molar refractivity (Wildman–Crippen MR) is 89.2 cm³/mol. The number of para-hydroxylation sites is 1. The van der Waals surface area contributed by atoms with Gasteiger partial charge in [0, 0.05) is 11.1 Å². The van der Waals surface area contributed by atoms with Crippen molar-refractivity contribution in [2.24, 2.45) is 10.7 Å². The topological polar surface area (TPSA) is 67.5 Å². The van der Waals surface area contributed by atoms with Crippen molar-refractivity contribution in [1.29, 1.82) is 0 Å². The Labute approximate surface area is 130 Å². The van der Waals surface area contributed by atoms with Gasteiger partial charge in [-0.3, -0.25) is 9.79 Å². The summed E-state index contributed by atoms with van der Waals surface area (Å²) >= 11 is 0. The minimum atomic E-state index is -0.896. The molecule has 3 N–H and O–H groups in total. The lowest BCUT2D eigenvalue weighted by Crippen LogP contribution is -2.33. The van der Waals surface area contributed by atoms with Crippen LogP contribution in [-0.2, 0) is 11.2 Å². The van der Waals surface area contributed by atoms with Gasteiger partial charge < -0.3 is 11.1 Å². The maximum absolute atomic E-state index is 12.1. The third-order valence-corrected chi connectivity index (χ3v) is 3.86. The van der Waals surface area contributed by atoms with Gasteiger partial charge in [-0.25, -0.2) is 0 Å². The molecule has 0 saturated carbocycles. The number of carbonyl (C=O) groups excluding carboxylic acids is 1. The van der Waals surface area contributed by atoms with Crippen molar-refractivity contribution in [2.75, 3.05) is 5.32 Å². The number of hydrogen-bond acceptors (Lipinski definition) is 3. The lowest BCUT2D eigenvalue weighted by atomic mass is 9.96. The Kier molecular flexibility index (Phi) is 3.77. The maximum atomic E-state index is 12.1. The van der Waals surface area contributed by atoms with Gasteiger partial charge in [0.2, 0.25) is 0 Å². The molecule has 4 heteroatoms. The van der Waals surface area contributed by atoms with Crippen LogP contribution in [0.25, 0.3) is 0 Å². The second kappa shape index (κ2) is 5.73. The van der Waals surface area contributed by atoms with E-state index in [0.717, 1.165) is 40.1 Å². The van der Waals surface area contributed by atoms with Gasteiger partial charge in [-0.15, -0.1) is 0 Å². The number of aliphatic imine (C=N–C) groups is 1. The molecule has 1 heterocycles. The molecule has 0 spiro atoms. The van der Waals surface area contributed by atoms with Gasteiger partial charge in [0.05, 0.1) is 11.4 Å². The van der Waals surface area contributed by atoms with E-state index >= 15 is 0 Å². The molecule has 0 saturated heterocycles. The number of fused-ring (bicyclic) bond motifs is 1. The summed E-state index contributed by atoms with van der Waals surface area (Å²) in [6.45, 7) is 4.10. The van der Waals surface area contributed by atoms with Crippen LogP contribution in [0.2, 0.25) is 0 Å². The van der Waals surface area contributed by atoms with Crippen LogP contribution in [0.4, 0.5) is 5.69 Å². The molecule has 0 bridgehead atoms. The summed E-state index contributed by atoms with van der Waals surface area (Å²) in [4.78, 5) is 16.6. The average Bonchev–Trinajstić information content (AvgIpc) is 2.64. The average molecular weight is 293 g/mol. The Morgan fingerprint density at radius 1 is 1.23 bits per heavy atom. The normalized spacial score (nSPS) is 17.3. The highest BCUT2D eigenvalue weighted by Crippen LogP contribution is 2.27. The van der Waals surface area contributed by atoms with E-state index in [9.17, 15) is 4.79 Å². The van der Waals surface area contributed by atoms with E-state index in [1.54, 1.807) is 0 Å². The van der Waals surface area contributed by atoms with Gasteiger partial charge in [-0.05, 0) is 25.0 Å². The summed E-state index contributed by atoms with van der Waals surface area (Å²) in [5, 5.41) is 2.93. The van der Waals surface area contributed by atoms with Crippen molar-refractivity contribution in [3.63, 3.8) is 0 Å². The van der Waals surface area contributed by atoms with Gasteiger partial charge in [0.25, 0.3) is 5.91 Å². The van der Waals surface area contributed by atoms with Gasteiger partial charge in [0.1, 0.15) is 0 Å². The highest BCUT2D eigenvalue weighted by molar-refractivity contribution is 6.20. The van der Waals surface area contributed by atoms with Gasteiger partial charge >= 0.3 is 0 Å². The number of aryl methyl sites for hydroxylation is 2. The summed E-state index contributed by atoms with van der Waals surface area (Å²) < 4.78 is 0. The molecule has 0 radical (unpaired) electrons. The van der Waals surface area contributed by atoms with Crippen LogP contribution in [0.15, 0.2) is 47.5 Å². The second-order valence-corrected chi connectivity index (χ2v) is 5.47. The number of benzene rings is 2. The molecule has 1 atom stereocenters. The third-order valence-electron chi connectivity index (χ3n) is 3.86. The van der Waals surface area contributed by atoms with Crippen molar-refractivity contribution < 1.29 is 4.79 Å². The lowest BCUT2D eigenvalue weighted by Gasteiger charge is -2.14. The number of nitrogens with zero attached hydrogens (tertiary/aromatic N) is 1. The van der Waals surface area contributed by atoms with Crippen LogP contribution >= 0.6 is 0 Å². The molecular formula is C18H19N3O. The highest BCUT2D eigenvalue weighted by Gasteiger charge is 2.24. The first-order valence-electron chi connectivity index (χ1n) is 7.43. The smallest absolute Gasteiger partial charge is 0.263 e. The summed E-state index contributed by atoms with van der Waals surface area (Å²) in [7, 11) is 0. The van der Waals surface area contributed by atoms with Crippen LogP contribution in [0.3, 0.4) is 0 Å². The summed E-state index contributed by atoms with van der Waals surface area (Å²) in [5.74, 6) is -0.273. The monoisotopic (exact) mass is 293 g/mol. The Morgan fingerprint density at radius 2 is 2.00 bits per heavy atom. The molecule has 1 unspecified atom stereocenters. The number of nitrogens with one attached hydrogen (secondary N) is 1. The first kappa shape index (κ1) is 14.5. The Bertz CT molecular complexity index is 765. The van der Waals surface area contributed by atoms with Gasteiger partial charge in [-0.1, -0.05) is 48.9 Å². The SMILES string of the molecule is CCc1cccc2c1NC(=O)C(N)N=C2c1cccc(C)c1. The molecule has 2 aromatic rings. The number of carbonyl (C=O) groups is 1. The van der Waals surface area contributed by atoms with E-state index in [1.807, 2.05) is 43.3 Å². The van der Waals surface area contributed by atoms with Crippen LogP contribution < -0.4 is 11.1 Å². The summed E-state index contributed by atoms with van der Waals surface area (Å²) in [6.07, 6.45) is -0.0626. The molecular weight excluding hydrogens is 274 g/mol. The number of rotatable bonds is 2. The molecule has 22 heavy (non-hydrogen) atoms. The number of amides is 1. The molecule has 0 aromatic heterocycles. The lowest BCUT2D eigenvalue weighted by molar-refractivity contribution is -0.117. The first-order chi connectivity index (χ1) is 10.6. The quantitative estimate of drug-likeness (QED) is 0.893. The minimum absolute atomic E-state index is 0.273. The van der Waals surface area contributed by atoms with Gasteiger partial charge in [-0.2, -0.15) is 0 Å². The zero-order valence-electron chi connectivity index (χ0n) is 12.8. The first-order valence-corrected chi connectivity index (χ1v) is 7.43. The number of anilines is 1. The van der Waals surface area contributed by atoms with Crippen molar-refractivity contribution in [1.82, 2.24) is 0 Å². The van der Waals surface area contributed by atoms with Crippen LogP contribution in [0, 0.1) is 6.92 Å². The summed E-state index contributed by atoms with van der Waals surface area (Å²) in [6, 6.07) is 14.1. The molecule has 1 aliphatic rings. The summed E-state index contributed by atoms with van der Waals surface area (Å²) in [5.41, 5.74) is 11.6. The zero-order chi connectivity index (χ0) is 15.7. The Balaban J connectivity index is 2.25. The van der Waals surface area contributed by atoms with Crippen molar-refractivity contribution in [2.45, 2.75) is 26.4 Å².